The van der Waals surface area contributed by atoms with E-state index in [1.54, 1.807) is 0 Å². The number of carbonyl (C=O) groups excluding carboxylic acids is 1. The molecular formula is C12H18O2. The Balaban J connectivity index is 2.74. The molecule has 2 heteroatoms. The number of hydrogen-bond donors (Lipinski definition) is 0. The van der Waals surface area contributed by atoms with E-state index in [0.29, 0.717) is 12.3 Å². The summed E-state index contributed by atoms with van der Waals surface area (Å²) < 4.78 is 5.33. The van der Waals surface area contributed by atoms with E-state index in [-0.39, 0.29) is 5.78 Å². The molecule has 1 heterocycles. The van der Waals surface area contributed by atoms with Crippen molar-refractivity contribution in [2.75, 3.05) is 0 Å². The molecule has 78 valence electrons. The Kier molecular flexibility index (Phi) is 3.50. The highest BCUT2D eigenvalue weighted by Crippen LogP contribution is 2.18. The maximum atomic E-state index is 11.8. The third kappa shape index (κ3) is 2.47. The van der Waals surface area contributed by atoms with E-state index < -0.39 is 0 Å². The Morgan fingerprint density at radius 3 is 2.57 bits per heavy atom. The highest BCUT2D eigenvalue weighted by Gasteiger charge is 2.15. The van der Waals surface area contributed by atoms with E-state index in [0.717, 1.165) is 23.5 Å². The normalized spacial score (nSPS) is 12.9. The van der Waals surface area contributed by atoms with Crippen LogP contribution in [0.1, 0.15) is 48.6 Å². The smallest absolute Gasteiger partial charge is 0.166 e. The summed E-state index contributed by atoms with van der Waals surface area (Å²) in [6.45, 7) is 7.91. The minimum Gasteiger partial charge on any atom is -0.466 e. The van der Waals surface area contributed by atoms with Crippen LogP contribution in [0, 0.1) is 19.8 Å². The number of rotatable bonds is 4. The first-order valence-electron chi connectivity index (χ1n) is 5.14. The van der Waals surface area contributed by atoms with Crippen molar-refractivity contribution in [1.82, 2.24) is 0 Å². The van der Waals surface area contributed by atoms with E-state index in [1.165, 1.54) is 0 Å². The zero-order chi connectivity index (χ0) is 10.7. The molecule has 1 atom stereocenters. The zero-order valence-corrected chi connectivity index (χ0v) is 9.39. The molecule has 1 aromatic rings. The molecular weight excluding hydrogens is 176 g/mol. The van der Waals surface area contributed by atoms with Crippen LogP contribution in [-0.2, 0) is 0 Å². The second-order valence-electron chi connectivity index (χ2n) is 3.97. The fraction of sp³-hybridized carbons (Fsp3) is 0.583. The molecule has 0 spiro atoms. The molecule has 0 bridgehead atoms. The molecule has 0 aliphatic heterocycles. The Morgan fingerprint density at radius 1 is 1.50 bits per heavy atom. The van der Waals surface area contributed by atoms with Crippen LogP contribution in [0.3, 0.4) is 0 Å². The molecule has 1 aromatic heterocycles. The number of Topliss-reactive ketones (excluding diaryl/α,β-unsaturated/α-hetero) is 1. The van der Waals surface area contributed by atoms with Gasteiger partial charge in [0.1, 0.15) is 11.5 Å². The predicted molar refractivity (Wildman–Crippen MR) is 56.6 cm³/mol. The minimum atomic E-state index is 0.203. The highest BCUT2D eigenvalue weighted by molar-refractivity contribution is 5.97. The molecule has 0 radical (unpaired) electrons. The lowest BCUT2D eigenvalue weighted by Crippen LogP contribution is -2.05. The third-order valence-electron chi connectivity index (χ3n) is 2.57. The summed E-state index contributed by atoms with van der Waals surface area (Å²) in [5.41, 5.74) is 0.753. The van der Waals surface area contributed by atoms with E-state index >= 15 is 0 Å². The first-order chi connectivity index (χ1) is 6.54. The summed E-state index contributed by atoms with van der Waals surface area (Å²) in [5, 5.41) is 0. The monoisotopic (exact) mass is 194 g/mol. The Hall–Kier alpha value is -1.05. The van der Waals surface area contributed by atoms with Gasteiger partial charge in [-0.2, -0.15) is 0 Å². The van der Waals surface area contributed by atoms with E-state index in [1.807, 2.05) is 19.9 Å². The van der Waals surface area contributed by atoms with Gasteiger partial charge in [-0.05, 0) is 25.8 Å². The van der Waals surface area contributed by atoms with Gasteiger partial charge in [-0.25, -0.2) is 0 Å². The molecule has 0 aliphatic rings. The van der Waals surface area contributed by atoms with Crippen LogP contribution in [0.15, 0.2) is 10.5 Å². The SMILES string of the molecule is CCC(C)CC(=O)c1cc(C)oc1C. The Labute approximate surface area is 85.3 Å². The van der Waals surface area contributed by atoms with Gasteiger partial charge in [0, 0.05) is 6.42 Å². The van der Waals surface area contributed by atoms with Crippen molar-refractivity contribution < 1.29 is 9.21 Å². The summed E-state index contributed by atoms with van der Waals surface area (Å²) in [5.74, 6) is 2.22. The largest absolute Gasteiger partial charge is 0.466 e. The van der Waals surface area contributed by atoms with Gasteiger partial charge >= 0.3 is 0 Å². The van der Waals surface area contributed by atoms with Gasteiger partial charge in [0.25, 0.3) is 0 Å². The minimum absolute atomic E-state index is 0.203. The van der Waals surface area contributed by atoms with Crippen LogP contribution < -0.4 is 0 Å². The summed E-state index contributed by atoms with van der Waals surface area (Å²) in [6.07, 6.45) is 1.66. The lowest BCUT2D eigenvalue weighted by atomic mass is 9.98. The van der Waals surface area contributed by atoms with Gasteiger partial charge in [0.2, 0.25) is 0 Å². The second-order valence-corrected chi connectivity index (χ2v) is 3.97. The average Bonchev–Trinajstić information content (AvgIpc) is 2.45. The lowest BCUT2D eigenvalue weighted by Gasteiger charge is -2.05. The molecule has 0 N–H and O–H groups in total. The van der Waals surface area contributed by atoms with Crippen LogP contribution in [0.2, 0.25) is 0 Å². The molecule has 0 saturated heterocycles. The van der Waals surface area contributed by atoms with Gasteiger partial charge in [-0.3, -0.25) is 4.79 Å². The van der Waals surface area contributed by atoms with Crippen LogP contribution in [0.5, 0.6) is 0 Å². The van der Waals surface area contributed by atoms with Crippen LogP contribution >= 0.6 is 0 Å². The fourth-order valence-corrected chi connectivity index (χ4v) is 1.48. The number of hydrogen-bond acceptors (Lipinski definition) is 2. The van der Waals surface area contributed by atoms with Crippen molar-refractivity contribution >= 4 is 5.78 Å². The van der Waals surface area contributed by atoms with E-state index in [4.69, 9.17) is 4.42 Å². The quantitative estimate of drug-likeness (QED) is 0.686. The standard InChI is InChI=1S/C12H18O2/c1-5-8(2)6-12(13)11-7-9(3)14-10(11)4/h7-8H,5-6H2,1-4H3. The van der Waals surface area contributed by atoms with Gasteiger partial charge in [0.05, 0.1) is 5.56 Å². The van der Waals surface area contributed by atoms with Gasteiger partial charge in [-0.1, -0.05) is 20.3 Å². The zero-order valence-electron chi connectivity index (χ0n) is 9.39. The van der Waals surface area contributed by atoms with E-state index in [9.17, 15) is 4.79 Å². The number of ketones is 1. The molecule has 0 saturated carbocycles. The maximum absolute atomic E-state index is 11.8. The van der Waals surface area contributed by atoms with Crippen molar-refractivity contribution in [1.29, 1.82) is 0 Å². The topological polar surface area (TPSA) is 30.2 Å². The second kappa shape index (κ2) is 4.45. The third-order valence-corrected chi connectivity index (χ3v) is 2.57. The molecule has 0 amide bonds. The molecule has 0 aliphatic carbocycles. The molecule has 0 fully saturated rings. The van der Waals surface area contributed by atoms with Gasteiger partial charge in [-0.15, -0.1) is 0 Å². The molecule has 2 nitrogen and oxygen atoms in total. The summed E-state index contributed by atoms with van der Waals surface area (Å²) in [6, 6.07) is 1.83. The Bertz CT molecular complexity index is 323. The molecule has 1 unspecified atom stereocenters. The molecule has 0 aromatic carbocycles. The van der Waals surface area contributed by atoms with Crippen LogP contribution in [0.4, 0.5) is 0 Å². The van der Waals surface area contributed by atoms with Crippen molar-refractivity contribution in [3.05, 3.63) is 23.2 Å². The molecule has 1 rings (SSSR count). The Morgan fingerprint density at radius 2 is 2.14 bits per heavy atom. The van der Waals surface area contributed by atoms with Gasteiger partial charge < -0.3 is 4.42 Å². The average molecular weight is 194 g/mol. The number of furan rings is 1. The first kappa shape index (κ1) is 11.0. The van der Waals surface area contributed by atoms with Crippen LogP contribution in [-0.4, -0.2) is 5.78 Å². The summed E-state index contributed by atoms with van der Waals surface area (Å²) in [7, 11) is 0. The summed E-state index contributed by atoms with van der Waals surface area (Å²) >= 11 is 0. The number of aryl methyl sites for hydroxylation is 2. The van der Waals surface area contributed by atoms with Crippen molar-refractivity contribution in [2.24, 2.45) is 5.92 Å². The molecule has 14 heavy (non-hydrogen) atoms. The summed E-state index contributed by atoms with van der Waals surface area (Å²) in [4.78, 5) is 11.8. The fourth-order valence-electron chi connectivity index (χ4n) is 1.48. The van der Waals surface area contributed by atoms with Crippen molar-refractivity contribution in [2.45, 2.75) is 40.5 Å². The predicted octanol–water partition coefficient (Wildman–Crippen LogP) is 3.52. The first-order valence-corrected chi connectivity index (χ1v) is 5.14. The van der Waals surface area contributed by atoms with Crippen molar-refractivity contribution in [3.8, 4) is 0 Å². The maximum Gasteiger partial charge on any atom is 0.166 e. The van der Waals surface area contributed by atoms with Crippen LogP contribution in [0.25, 0.3) is 0 Å². The number of carbonyl (C=O) groups is 1. The van der Waals surface area contributed by atoms with Gasteiger partial charge in [0.15, 0.2) is 5.78 Å². The van der Waals surface area contributed by atoms with Crippen molar-refractivity contribution in [3.63, 3.8) is 0 Å². The lowest BCUT2D eigenvalue weighted by molar-refractivity contribution is 0.0962. The highest BCUT2D eigenvalue weighted by atomic mass is 16.3. The van der Waals surface area contributed by atoms with E-state index in [2.05, 4.69) is 13.8 Å².